The molecular formula is C23H27N3O3S. The Morgan fingerprint density at radius 3 is 2.80 bits per heavy atom. The van der Waals surface area contributed by atoms with Crippen molar-refractivity contribution < 1.29 is 9.53 Å². The molecule has 0 spiro atoms. The lowest BCUT2D eigenvalue weighted by molar-refractivity contribution is -0.116. The Morgan fingerprint density at radius 1 is 1.23 bits per heavy atom. The maximum absolute atomic E-state index is 13.2. The Hall–Kier alpha value is -2.54. The van der Waals surface area contributed by atoms with E-state index >= 15 is 0 Å². The third-order valence-electron chi connectivity index (χ3n) is 5.62. The number of aromatic amines is 1. The molecule has 0 fully saturated rings. The van der Waals surface area contributed by atoms with Crippen molar-refractivity contribution in [2.45, 2.75) is 50.6 Å². The molecule has 0 radical (unpaired) electrons. The van der Waals surface area contributed by atoms with E-state index in [0.29, 0.717) is 40.2 Å². The van der Waals surface area contributed by atoms with Crippen LogP contribution in [0.25, 0.3) is 0 Å². The van der Waals surface area contributed by atoms with E-state index in [4.69, 9.17) is 9.72 Å². The highest BCUT2D eigenvalue weighted by Crippen LogP contribution is 2.45. The number of nitrogens with one attached hydrogen (secondary N) is 2. The minimum atomic E-state index is -0.480. The van der Waals surface area contributed by atoms with Gasteiger partial charge in [-0.05, 0) is 31.2 Å². The summed E-state index contributed by atoms with van der Waals surface area (Å²) in [6.45, 7) is 4.36. The molecule has 1 atom stereocenters. The smallest absolute Gasteiger partial charge is 0.257 e. The second-order valence-corrected chi connectivity index (χ2v) is 9.22. The monoisotopic (exact) mass is 425 g/mol. The quantitative estimate of drug-likeness (QED) is 0.524. The van der Waals surface area contributed by atoms with Crippen LogP contribution >= 0.6 is 11.8 Å². The normalized spacial score (nSPS) is 18.1. The molecule has 158 valence electrons. The van der Waals surface area contributed by atoms with Gasteiger partial charge in [0.25, 0.3) is 5.56 Å². The number of Topliss-reactive ketones (excluding diaryl/α,β-unsaturated/α-hetero) is 1. The van der Waals surface area contributed by atoms with E-state index in [9.17, 15) is 9.59 Å². The van der Waals surface area contributed by atoms with Crippen molar-refractivity contribution in [3.8, 4) is 5.75 Å². The zero-order chi connectivity index (χ0) is 21.3. The molecule has 0 bridgehead atoms. The Balaban J connectivity index is 1.83. The van der Waals surface area contributed by atoms with Crippen molar-refractivity contribution in [2.24, 2.45) is 5.92 Å². The first kappa shape index (κ1) is 20.7. The number of aromatic nitrogens is 2. The van der Waals surface area contributed by atoms with Gasteiger partial charge in [0.1, 0.15) is 11.6 Å². The predicted octanol–water partition coefficient (Wildman–Crippen LogP) is 4.48. The van der Waals surface area contributed by atoms with Crippen molar-refractivity contribution in [1.82, 2.24) is 9.97 Å². The zero-order valence-electron chi connectivity index (χ0n) is 17.6. The largest absolute Gasteiger partial charge is 0.496 e. The number of hydrogen-bond acceptors (Lipinski definition) is 6. The van der Waals surface area contributed by atoms with Gasteiger partial charge in [-0.15, -0.1) is 0 Å². The van der Waals surface area contributed by atoms with E-state index in [1.165, 1.54) is 0 Å². The summed E-state index contributed by atoms with van der Waals surface area (Å²) in [4.78, 5) is 33.8. The van der Waals surface area contributed by atoms with Crippen LogP contribution in [0.5, 0.6) is 5.75 Å². The molecule has 2 aliphatic rings. The molecule has 0 saturated carbocycles. The van der Waals surface area contributed by atoms with Gasteiger partial charge < -0.3 is 15.0 Å². The lowest BCUT2D eigenvalue weighted by Gasteiger charge is -2.33. The van der Waals surface area contributed by atoms with Crippen LogP contribution in [-0.4, -0.2) is 28.6 Å². The zero-order valence-corrected chi connectivity index (χ0v) is 18.4. The molecule has 4 rings (SSSR count). The van der Waals surface area contributed by atoms with Crippen LogP contribution in [0, 0.1) is 5.92 Å². The lowest BCUT2D eigenvalue weighted by atomic mass is 9.76. The van der Waals surface area contributed by atoms with Crippen molar-refractivity contribution in [2.75, 3.05) is 18.2 Å². The summed E-state index contributed by atoms with van der Waals surface area (Å²) in [5.74, 6) is 2.30. The summed E-state index contributed by atoms with van der Waals surface area (Å²) in [5, 5.41) is 3.93. The van der Waals surface area contributed by atoms with Crippen molar-refractivity contribution in [3.05, 3.63) is 57.0 Å². The number of ketones is 1. The second kappa shape index (κ2) is 8.68. The maximum Gasteiger partial charge on any atom is 0.257 e. The first-order chi connectivity index (χ1) is 14.5. The molecule has 2 N–H and O–H groups in total. The number of ether oxygens (including phenoxy) is 1. The summed E-state index contributed by atoms with van der Waals surface area (Å²) in [6.07, 6.45) is 3.12. The molecule has 6 nitrogen and oxygen atoms in total. The number of hydrogen-bond donors (Lipinski definition) is 2. The Bertz CT molecular complexity index is 1060. The second-order valence-electron chi connectivity index (χ2n) is 8.13. The van der Waals surface area contributed by atoms with Crippen LogP contribution in [0.3, 0.4) is 0 Å². The number of carbonyl (C=O) groups excluding carboxylic acids is 1. The van der Waals surface area contributed by atoms with Crippen LogP contribution in [0.15, 0.2) is 45.5 Å². The Labute approximate surface area is 180 Å². The number of benzene rings is 1. The number of para-hydroxylation sites is 1. The van der Waals surface area contributed by atoms with Gasteiger partial charge in [0.15, 0.2) is 10.9 Å². The number of fused-ring (bicyclic) bond motifs is 1. The molecule has 7 heteroatoms. The van der Waals surface area contributed by atoms with Gasteiger partial charge in [0.05, 0.1) is 18.6 Å². The SMILES string of the molecule is COc1ccccc1[C@H]1C2=C(CCCC2=O)Nc2nc(SCCC(C)C)[nH]c(=O)c21. The summed E-state index contributed by atoms with van der Waals surface area (Å²) in [7, 11) is 1.61. The number of thioether (sulfide) groups is 1. The third-order valence-corrected chi connectivity index (χ3v) is 6.53. The molecule has 0 amide bonds. The van der Waals surface area contributed by atoms with Crippen LogP contribution in [0.4, 0.5) is 5.82 Å². The molecular weight excluding hydrogens is 398 g/mol. The number of allylic oxidation sites excluding steroid dienone is 2. The highest BCUT2D eigenvalue weighted by Gasteiger charge is 2.39. The summed E-state index contributed by atoms with van der Waals surface area (Å²) in [5.41, 5.74) is 2.65. The van der Waals surface area contributed by atoms with E-state index in [1.54, 1.807) is 18.9 Å². The van der Waals surface area contributed by atoms with Gasteiger partial charge in [0.2, 0.25) is 0 Å². The Kier molecular flexibility index (Phi) is 5.99. The van der Waals surface area contributed by atoms with E-state index in [2.05, 4.69) is 24.1 Å². The minimum absolute atomic E-state index is 0.0834. The van der Waals surface area contributed by atoms with Gasteiger partial charge in [0, 0.05) is 29.0 Å². The lowest BCUT2D eigenvalue weighted by Crippen LogP contribution is -2.32. The van der Waals surface area contributed by atoms with Crippen molar-refractivity contribution >= 4 is 23.4 Å². The van der Waals surface area contributed by atoms with Gasteiger partial charge >= 0.3 is 0 Å². The number of anilines is 1. The van der Waals surface area contributed by atoms with Crippen molar-refractivity contribution in [3.63, 3.8) is 0 Å². The highest BCUT2D eigenvalue weighted by atomic mass is 32.2. The first-order valence-electron chi connectivity index (χ1n) is 10.4. The average molecular weight is 426 g/mol. The summed E-state index contributed by atoms with van der Waals surface area (Å²) >= 11 is 1.56. The predicted molar refractivity (Wildman–Crippen MR) is 119 cm³/mol. The topological polar surface area (TPSA) is 84.1 Å². The maximum atomic E-state index is 13.2. The van der Waals surface area contributed by atoms with Crippen molar-refractivity contribution in [1.29, 1.82) is 0 Å². The molecule has 1 aliphatic carbocycles. The number of methoxy groups -OCH3 is 1. The number of nitrogens with zero attached hydrogens (tertiary/aromatic N) is 1. The molecule has 1 aliphatic heterocycles. The van der Waals surface area contributed by atoms with E-state index in [0.717, 1.165) is 36.3 Å². The molecule has 0 unspecified atom stereocenters. The van der Waals surface area contributed by atoms with Crippen LogP contribution in [0.1, 0.15) is 56.6 Å². The van der Waals surface area contributed by atoms with E-state index < -0.39 is 5.92 Å². The third kappa shape index (κ3) is 3.90. The van der Waals surface area contributed by atoms with Crippen LogP contribution < -0.4 is 15.6 Å². The summed E-state index contributed by atoms with van der Waals surface area (Å²) in [6, 6.07) is 7.59. The first-order valence-corrected chi connectivity index (χ1v) is 11.4. The summed E-state index contributed by atoms with van der Waals surface area (Å²) < 4.78 is 5.58. The fraction of sp³-hybridized carbons (Fsp3) is 0.435. The molecule has 1 aromatic heterocycles. The molecule has 0 saturated heterocycles. The molecule has 2 aromatic rings. The standard InChI is InChI=1S/C23H27N3O3S/c1-13(2)11-12-30-23-25-21-20(22(28)26-23)18(14-7-4-5-10-17(14)29-3)19-15(24-21)8-6-9-16(19)27/h4-5,7,10,13,18H,6,8-9,11-12H2,1-3H3,(H2,24,25,26,28)/t18-/m0/s1. The van der Waals surface area contributed by atoms with Crippen LogP contribution in [-0.2, 0) is 4.79 Å². The fourth-order valence-electron chi connectivity index (χ4n) is 4.12. The number of carbonyl (C=O) groups is 1. The van der Waals surface area contributed by atoms with Gasteiger partial charge in [-0.2, -0.15) is 0 Å². The molecule has 2 heterocycles. The van der Waals surface area contributed by atoms with E-state index in [-0.39, 0.29) is 11.3 Å². The minimum Gasteiger partial charge on any atom is -0.496 e. The molecule has 1 aromatic carbocycles. The van der Waals surface area contributed by atoms with Gasteiger partial charge in [-0.25, -0.2) is 4.98 Å². The number of H-pyrrole nitrogens is 1. The fourth-order valence-corrected chi connectivity index (χ4v) is 5.22. The Morgan fingerprint density at radius 2 is 2.03 bits per heavy atom. The average Bonchev–Trinajstić information content (AvgIpc) is 2.72. The van der Waals surface area contributed by atoms with Crippen LogP contribution in [0.2, 0.25) is 0 Å². The highest BCUT2D eigenvalue weighted by molar-refractivity contribution is 7.99. The van der Waals surface area contributed by atoms with E-state index in [1.807, 2.05) is 24.3 Å². The van der Waals surface area contributed by atoms with Gasteiger partial charge in [-0.3, -0.25) is 9.59 Å². The van der Waals surface area contributed by atoms with Gasteiger partial charge in [-0.1, -0.05) is 43.8 Å². The molecule has 30 heavy (non-hydrogen) atoms. The number of rotatable bonds is 6.